The van der Waals surface area contributed by atoms with Crippen molar-refractivity contribution < 1.29 is 23.6 Å². The minimum Gasteiger partial charge on any atom is -0.459 e. The third-order valence-corrected chi connectivity index (χ3v) is 7.68. The monoisotopic (exact) mass is 534 g/mol. The minimum atomic E-state index is -1.05. The maximum absolute atomic E-state index is 13.7. The number of H-pyrrole nitrogens is 1. The molecule has 0 bridgehead atoms. The van der Waals surface area contributed by atoms with Crippen LogP contribution in [0.4, 0.5) is 4.79 Å². The van der Waals surface area contributed by atoms with Crippen LogP contribution in [0.3, 0.4) is 0 Å². The van der Waals surface area contributed by atoms with Gasteiger partial charge < -0.3 is 36.0 Å². The molecule has 1 saturated carbocycles. The molecule has 2 aliphatic rings. The van der Waals surface area contributed by atoms with Crippen LogP contribution in [0, 0.1) is 0 Å². The van der Waals surface area contributed by atoms with Crippen molar-refractivity contribution in [1.29, 1.82) is 0 Å². The standard InChI is InChI=1S/C28H34N6O5/c29-25(35)22(15-17-16-30-20-10-5-4-9-19(17)20)32-26(36)24-21(33-28(38)31-18-7-2-1-3-8-18)12-13-34(24)27(37)23-11-6-14-39-23/h4-6,9-11,14,16,18,21-22,24,30H,1-3,7-8,12-13,15H2,(H2,29,35)(H,32,36)(H2,31,33,38)/t21-,22+,24-/m0/s1. The second-order valence-electron chi connectivity index (χ2n) is 10.3. The molecule has 0 spiro atoms. The summed E-state index contributed by atoms with van der Waals surface area (Å²) in [5, 5.41) is 9.58. The summed E-state index contributed by atoms with van der Waals surface area (Å²) in [4.78, 5) is 56.7. The van der Waals surface area contributed by atoms with Gasteiger partial charge in [-0.2, -0.15) is 0 Å². The van der Waals surface area contributed by atoms with E-state index in [9.17, 15) is 19.2 Å². The molecule has 0 radical (unpaired) electrons. The molecule has 1 aliphatic heterocycles. The van der Waals surface area contributed by atoms with Crippen LogP contribution in [0.5, 0.6) is 0 Å². The number of nitrogens with one attached hydrogen (secondary N) is 4. The largest absolute Gasteiger partial charge is 0.459 e. The first kappa shape index (κ1) is 26.3. The number of rotatable bonds is 8. The van der Waals surface area contributed by atoms with Gasteiger partial charge in [-0.1, -0.05) is 37.5 Å². The first-order valence-electron chi connectivity index (χ1n) is 13.5. The molecule has 5 amide bonds. The average molecular weight is 535 g/mol. The Morgan fingerprint density at radius 3 is 2.56 bits per heavy atom. The number of furan rings is 1. The lowest BCUT2D eigenvalue weighted by Crippen LogP contribution is -2.59. The molecular weight excluding hydrogens is 500 g/mol. The molecule has 206 valence electrons. The third kappa shape index (κ3) is 5.92. The van der Waals surface area contributed by atoms with E-state index in [0.29, 0.717) is 6.42 Å². The lowest BCUT2D eigenvalue weighted by Gasteiger charge is -2.29. The Kier molecular flexibility index (Phi) is 7.85. The Hall–Kier alpha value is -4.28. The molecule has 2 fully saturated rings. The number of hydrogen-bond acceptors (Lipinski definition) is 5. The van der Waals surface area contributed by atoms with E-state index in [1.165, 1.54) is 17.2 Å². The molecular formula is C28H34N6O5. The van der Waals surface area contributed by atoms with Crippen LogP contribution < -0.4 is 21.7 Å². The molecule has 3 aromatic rings. The summed E-state index contributed by atoms with van der Waals surface area (Å²) < 4.78 is 5.28. The lowest BCUT2D eigenvalue weighted by atomic mass is 9.96. The van der Waals surface area contributed by atoms with Gasteiger partial charge in [0.1, 0.15) is 12.1 Å². The van der Waals surface area contributed by atoms with E-state index in [-0.39, 0.29) is 30.8 Å². The van der Waals surface area contributed by atoms with Crippen LogP contribution in [0.25, 0.3) is 10.9 Å². The SMILES string of the molecule is NC(=O)[C@@H](Cc1c[nH]c2ccccc12)NC(=O)[C@@H]1[C@@H](NC(=O)NC2CCCCC2)CCN1C(=O)c1ccco1. The zero-order valence-corrected chi connectivity index (χ0v) is 21.7. The predicted octanol–water partition coefficient (Wildman–Crippen LogP) is 2.19. The molecule has 1 saturated heterocycles. The number of nitrogens with two attached hydrogens (primary N) is 1. The maximum atomic E-state index is 13.7. The highest BCUT2D eigenvalue weighted by Crippen LogP contribution is 2.24. The lowest BCUT2D eigenvalue weighted by molar-refractivity contribution is -0.130. The highest BCUT2D eigenvalue weighted by molar-refractivity contribution is 5.98. The van der Waals surface area contributed by atoms with Gasteiger partial charge in [-0.05, 0) is 43.0 Å². The van der Waals surface area contributed by atoms with Crippen molar-refractivity contribution >= 4 is 34.7 Å². The van der Waals surface area contributed by atoms with Gasteiger partial charge in [0, 0.05) is 36.1 Å². The number of nitrogens with zero attached hydrogens (tertiary/aromatic N) is 1. The third-order valence-electron chi connectivity index (χ3n) is 7.68. The van der Waals surface area contributed by atoms with Gasteiger partial charge in [0.25, 0.3) is 5.91 Å². The molecule has 6 N–H and O–H groups in total. The molecule has 39 heavy (non-hydrogen) atoms. The number of aromatic nitrogens is 1. The summed E-state index contributed by atoms with van der Waals surface area (Å²) in [6.07, 6.45) is 8.83. The predicted molar refractivity (Wildman–Crippen MR) is 144 cm³/mol. The topological polar surface area (TPSA) is 163 Å². The highest BCUT2D eigenvalue weighted by atomic mass is 16.3. The number of benzene rings is 1. The summed E-state index contributed by atoms with van der Waals surface area (Å²) in [7, 11) is 0. The van der Waals surface area contributed by atoms with E-state index in [1.807, 2.05) is 24.3 Å². The minimum absolute atomic E-state index is 0.0868. The van der Waals surface area contributed by atoms with Crippen molar-refractivity contribution in [2.75, 3.05) is 6.54 Å². The van der Waals surface area contributed by atoms with Crippen molar-refractivity contribution in [2.45, 2.75) is 69.1 Å². The Balaban J connectivity index is 1.33. The van der Waals surface area contributed by atoms with Crippen LogP contribution in [-0.2, 0) is 16.0 Å². The Morgan fingerprint density at radius 1 is 1.03 bits per heavy atom. The zero-order valence-electron chi connectivity index (χ0n) is 21.7. The molecule has 11 nitrogen and oxygen atoms in total. The number of carbonyl (C=O) groups excluding carboxylic acids is 4. The summed E-state index contributed by atoms with van der Waals surface area (Å²) in [5.41, 5.74) is 7.43. The van der Waals surface area contributed by atoms with Crippen molar-refractivity contribution in [3.8, 4) is 0 Å². The molecule has 3 heterocycles. The van der Waals surface area contributed by atoms with Gasteiger partial charge >= 0.3 is 6.03 Å². The Bertz CT molecular complexity index is 1330. The van der Waals surface area contributed by atoms with Crippen molar-refractivity contribution in [3.05, 3.63) is 60.2 Å². The molecule has 5 rings (SSSR count). The van der Waals surface area contributed by atoms with Gasteiger partial charge in [-0.15, -0.1) is 0 Å². The Morgan fingerprint density at radius 2 is 1.82 bits per heavy atom. The van der Waals surface area contributed by atoms with Crippen LogP contribution in [-0.4, -0.2) is 64.3 Å². The van der Waals surface area contributed by atoms with E-state index in [0.717, 1.165) is 48.6 Å². The first-order valence-corrected chi connectivity index (χ1v) is 13.5. The first-order chi connectivity index (χ1) is 18.9. The molecule has 11 heteroatoms. The fraction of sp³-hybridized carbons (Fsp3) is 0.429. The fourth-order valence-electron chi connectivity index (χ4n) is 5.68. The van der Waals surface area contributed by atoms with E-state index in [4.69, 9.17) is 10.2 Å². The fourth-order valence-corrected chi connectivity index (χ4v) is 5.68. The number of hydrogen-bond donors (Lipinski definition) is 5. The quantitative estimate of drug-likeness (QED) is 0.299. The summed E-state index contributed by atoms with van der Waals surface area (Å²) in [6.45, 7) is 0.232. The molecule has 1 aliphatic carbocycles. The summed E-state index contributed by atoms with van der Waals surface area (Å²) >= 11 is 0. The van der Waals surface area contributed by atoms with E-state index in [1.54, 1.807) is 12.3 Å². The van der Waals surface area contributed by atoms with Crippen molar-refractivity contribution in [2.24, 2.45) is 5.73 Å². The number of amides is 5. The van der Waals surface area contributed by atoms with Gasteiger partial charge in [0.05, 0.1) is 12.3 Å². The second kappa shape index (κ2) is 11.6. The summed E-state index contributed by atoms with van der Waals surface area (Å²) in [6, 6.07) is 7.74. The van der Waals surface area contributed by atoms with Gasteiger partial charge in [-0.25, -0.2) is 4.79 Å². The molecule has 2 aromatic heterocycles. The van der Waals surface area contributed by atoms with Crippen molar-refractivity contribution in [1.82, 2.24) is 25.8 Å². The maximum Gasteiger partial charge on any atom is 0.315 e. The van der Waals surface area contributed by atoms with Crippen molar-refractivity contribution in [3.63, 3.8) is 0 Å². The number of primary amides is 1. The number of carbonyl (C=O) groups is 4. The molecule has 3 atom stereocenters. The van der Waals surface area contributed by atoms with Crippen LogP contribution >= 0.6 is 0 Å². The van der Waals surface area contributed by atoms with Crippen LogP contribution in [0.2, 0.25) is 0 Å². The van der Waals surface area contributed by atoms with E-state index >= 15 is 0 Å². The number of likely N-dealkylation sites (tertiary alicyclic amines) is 1. The highest BCUT2D eigenvalue weighted by Gasteiger charge is 2.44. The summed E-state index contributed by atoms with van der Waals surface area (Å²) in [5.74, 6) is -1.65. The van der Waals surface area contributed by atoms with Gasteiger partial charge in [0.15, 0.2) is 5.76 Å². The number of para-hydroxylation sites is 1. The second-order valence-corrected chi connectivity index (χ2v) is 10.3. The normalized spacial score (nSPS) is 20.5. The number of aromatic amines is 1. The van der Waals surface area contributed by atoms with Crippen LogP contribution in [0.15, 0.2) is 53.3 Å². The average Bonchev–Trinajstić information content (AvgIpc) is 3.69. The zero-order chi connectivity index (χ0) is 27.4. The van der Waals surface area contributed by atoms with Gasteiger partial charge in [0.2, 0.25) is 11.8 Å². The van der Waals surface area contributed by atoms with Crippen LogP contribution in [0.1, 0.15) is 54.6 Å². The smallest absolute Gasteiger partial charge is 0.315 e. The van der Waals surface area contributed by atoms with E-state index < -0.39 is 35.8 Å². The number of fused-ring (bicyclic) bond motifs is 1. The number of urea groups is 1. The van der Waals surface area contributed by atoms with Gasteiger partial charge in [-0.3, -0.25) is 14.4 Å². The Labute approximate surface area is 225 Å². The molecule has 1 aromatic carbocycles. The molecule has 0 unspecified atom stereocenters. The van der Waals surface area contributed by atoms with E-state index in [2.05, 4.69) is 20.9 Å².